The van der Waals surface area contributed by atoms with Gasteiger partial charge in [-0.05, 0) is 36.2 Å². The molecule has 2 aromatic carbocycles. The summed E-state index contributed by atoms with van der Waals surface area (Å²) in [6, 6.07) is 13.1. The molecule has 7 heteroatoms. The fourth-order valence-electron chi connectivity index (χ4n) is 3.17. The van der Waals surface area contributed by atoms with Crippen molar-refractivity contribution in [3.63, 3.8) is 0 Å². The fraction of sp³-hybridized carbons (Fsp3) is 0.364. The third-order valence-corrected chi connectivity index (χ3v) is 5.93. The molecule has 1 aliphatic heterocycles. The zero-order chi connectivity index (χ0) is 20.8. The molecule has 2 aromatic rings. The Balaban J connectivity index is 1.61. The van der Waals surface area contributed by atoms with E-state index in [1.165, 1.54) is 7.11 Å². The van der Waals surface area contributed by atoms with Crippen LogP contribution >= 0.6 is 11.8 Å². The third kappa shape index (κ3) is 5.23. The van der Waals surface area contributed by atoms with E-state index in [0.717, 1.165) is 22.6 Å². The minimum absolute atomic E-state index is 0.0527. The van der Waals surface area contributed by atoms with E-state index < -0.39 is 5.97 Å². The van der Waals surface area contributed by atoms with Gasteiger partial charge < -0.3 is 19.1 Å². The summed E-state index contributed by atoms with van der Waals surface area (Å²) in [5.41, 5.74) is 1.60. The van der Waals surface area contributed by atoms with Crippen LogP contribution in [0, 0.1) is 0 Å². The Morgan fingerprint density at radius 3 is 2.62 bits per heavy atom. The second-order valence-electron chi connectivity index (χ2n) is 6.76. The van der Waals surface area contributed by atoms with Crippen LogP contribution in [0.3, 0.4) is 0 Å². The fourth-order valence-corrected chi connectivity index (χ4v) is 4.29. The highest BCUT2D eigenvalue weighted by Crippen LogP contribution is 2.37. The lowest BCUT2D eigenvalue weighted by Gasteiger charge is -2.22. The van der Waals surface area contributed by atoms with Crippen LogP contribution in [-0.4, -0.2) is 44.5 Å². The number of hydrogen-bond acceptors (Lipinski definition) is 6. The maximum Gasteiger partial charge on any atom is 0.310 e. The Labute approximate surface area is 175 Å². The van der Waals surface area contributed by atoms with Crippen molar-refractivity contribution in [1.29, 1.82) is 0 Å². The van der Waals surface area contributed by atoms with Crippen LogP contribution in [-0.2, 0) is 20.7 Å². The summed E-state index contributed by atoms with van der Waals surface area (Å²) in [6.07, 6.45) is 0.932. The standard InChI is InChI=1S/C22H25NO5S/c1-15-10-11-23(17-6-4-5-7-20(17)29-15)21(24)14-28-22(25)13-16-8-9-18(26-2)19(12-16)27-3/h4-9,12,15H,10-11,13-14H2,1-3H3/t15-/m1/s1. The summed E-state index contributed by atoms with van der Waals surface area (Å²) < 4.78 is 15.7. The number of ether oxygens (including phenoxy) is 3. The van der Waals surface area contributed by atoms with Crippen molar-refractivity contribution < 1.29 is 23.8 Å². The normalized spacial score (nSPS) is 15.8. The molecule has 0 bridgehead atoms. The van der Waals surface area contributed by atoms with E-state index in [1.54, 1.807) is 42.0 Å². The van der Waals surface area contributed by atoms with Crippen molar-refractivity contribution in [3.8, 4) is 11.5 Å². The van der Waals surface area contributed by atoms with Crippen LogP contribution < -0.4 is 14.4 Å². The number of thioether (sulfide) groups is 1. The summed E-state index contributed by atoms with van der Waals surface area (Å²) in [7, 11) is 3.09. The molecular formula is C22H25NO5S. The van der Waals surface area contributed by atoms with E-state index in [1.807, 2.05) is 24.3 Å². The van der Waals surface area contributed by atoms with E-state index in [4.69, 9.17) is 14.2 Å². The van der Waals surface area contributed by atoms with Crippen LogP contribution in [0.4, 0.5) is 5.69 Å². The van der Waals surface area contributed by atoms with Gasteiger partial charge in [0, 0.05) is 16.7 Å². The monoisotopic (exact) mass is 415 g/mol. The number of carbonyl (C=O) groups is 2. The summed E-state index contributed by atoms with van der Waals surface area (Å²) in [4.78, 5) is 27.8. The molecular weight excluding hydrogens is 390 g/mol. The molecule has 0 aliphatic carbocycles. The van der Waals surface area contributed by atoms with E-state index in [2.05, 4.69) is 6.92 Å². The lowest BCUT2D eigenvalue weighted by Crippen LogP contribution is -2.36. The van der Waals surface area contributed by atoms with E-state index in [-0.39, 0.29) is 18.9 Å². The molecule has 0 radical (unpaired) electrons. The lowest BCUT2D eigenvalue weighted by atomic mass is 10.1. The number of amides is 1. The first kappa shape index (κ1) is 21.0. The number of nitrogens with zero attached hydrogens (tertiary/aromatic N) is 1. The average Bonchev–Trinajstić information content (AvgIpc) is 2.90. The van der Waals surface area contributed by atoms with Gasteiger partial charge in [0.1, 0.15) is 0 Å². The van der Waals surface area contributed by atoms with Crippen LogP contribution in [0.2, 0.25) is 0 Å². The number of hydrogen-bond donors (Lipinski definition) is 0. The topological polar surface area (TPSA) is 65.1 Å². The molecule has 1 amide bonds. The predicted octanol–water partition coefficient (Wildman–Crippen LogP) is 3.71. The highest BCUT2D eigenvalue weighted by molar-refractivity contribution is 8.00. The molecule has 154 valence electrons. The molecule has 0 saturated carbocycles. The predicted molar refractivity (Wildman–Crippen MR) is 113 cm³/mol. The zero-order valence-electron chi connectivity index (χ0n) is 16.8. The van der Waals surface area contributed by atoms with Gasteiger partial charge in [-0.25, -0.2) is 0 Å². The minimum atomic E-state index is -0.462. The number of esters is 1. The Bertz CT molecular complexity index is 885. The van der Waals surface area contributed by atoms with Crippen molar-refractivity contribution >= 4 is 29.3 Å². The van der Waals surface area contributed by atoms with Crippen molar-refractivity contribution in [1.82, 2.24) is 0 Å². The Morgan fingerprint density at radius 2 is 1.86 bits per heavy atom. The molecule has 0 aromatic heterocycles. The van der Waals surface area contributed by atoms with Crippen molar-refractivity contribution in [2.45, 2.75) is 29.9 Å². The molecule has 6 nitrogen and oxygen atoms in total. The Morgan fingerprint density at radius 1 is 1.10 bits per heavy atom. The first-order chi connectivity index (χ1) is 14.0. The van der Waals surface area contributed by atoms with Crippen LogP contribution in [0.25, 0.3) is 0 Å². The zero-order valence-corrected chi connectivity index (χ0v) is 17.7. The molecule has 1 heterocycles. The highest BCUT2D eigenvalue weighted by Gasteiger charge is 2.24. The first-order valence-corrected chi connectivity index (χ1v) is 10.3. The molecule has 3 rings (SSSR count). The number of rotatable bonds is 6. The van der Waals surface area contributed by atoms with Gasteiger partial charge in [-0.1, -0.05) is 25.1 Å². The van der Waals surface area contributed by atoms with Gasteiger partial charge in [0.05, 0.1) is 26.3 Å². The lowest BCUT2D eigenvalue weighted by molar-refractivity contribution is -0.147. The van der Waals surface area contributed by atoms with E-state index >= 15 is 0 Å². The number of carbonyl (C=O) groups excluding carboxylic acids is 2. The summed E-state index contributed by atoms with van der Waals surface area (Å²) in [5, 5.41) is 0.418. The first-order valence-electron chi connectivity index (χ1n) is 9.44. The van der Waals surface area contributed by atoms with E-state index in [9.17, 15) is 9.59 Å². The van der Waals surface area contributed by atoms with Crippen molar-refractivity contribution in [2.75, 3.05) is 32.3 Å². The van der Waals surface area contributed by atoms with Gasteiger partial charge in [0.25, 0.3) is 5.91 Å². The van der Waals surface area contributed by atoms with Gasteiger partial charge >= 0.3 is 5.97 Å². The Hall–Kier alpha value is -2.67. The molecule has 1 aliphatic rings. The molecule has 0 saturated heterocycles. The second kappa shape index (κ2) is 9.69. The van der Waals surface area contributed by atoms with Crippen LogP contribution in [0.5, 0.6) is 11.5 Å². The number of fused-ring (bicyclic) bond motifs is 1. The molecule has 0 N–H and O–H groups in total. The summed E-state index contributed by atoms with van der Waals surface area (Å²) in [5.74, 6) is 0.456. The largest absolute Gasteiger partial charge is 0.493 e. The molecule has 1 atom stereocenters. The number of anilines is 1. The van der Waals surface area contributed by atoms with Gasteiger partial charge in [0.2, 0.25) is 0 Å². The average molecular weight is 416 g/mol. The second-order valence-corrected chi connectivity index (χ2v) is 8.24. The SMILES string of the molecule is COc1ccc(CC(=O)OCC(=O)N2CC[C@@H](C)Sc3ccccc32)cc1OC. The van der Waals surface area contributed by atoms with Crippen LogP contribution in [0.15, 0.2) is 47.4 Å². The number of methoxy groups -OCH3 is 2. The molecule has 0 fully saturated rings. The number of benzene rings is 2. The highest BCUT2D eigenvalue weighted by atomic mass is 32.2. The summed E-state index contributed by atoms with van der Waals surface area (Å²) in [6.45, 7) is 2.48. The van der Waals surface area contributed by atoms with E-state index in [0.29, 0.717) is 23.3 Å². The smallest absolute Gasteiger partial charge is 0.310 e. The maximum atomic E-state index is 12.8. The van der Waals surface area contributed by atoms with Gasteiger partial charge in [-0.3, -0.25) is 9.59 Å². The minimum Gasteiger partial charge on any atom is -0.493 e. The van der Waals surface area contributed by atoms with Crippen molar-refractivity contribution in [2.24, 2.45) is 0 Å². The van der Waals surface area contributed by atoms with Gasteiger partial charge in [0.15, 0.2) is 18.1 Å². The molecule has 29 heavy (non-hydrogen) atoms. The summed E-state index contributed by atoms with van der Waals surface area (Å²) >= 11 is 1.76. The Kier molecular flexibility index (Phi) is 7.04. The molecule has 0 unspecified atom stereocenters. The number of para-hydroxylation sites is 1. The van der Waals surface area contributed by atoms with Crippen LogP contribution in [0.1, 0.15) is 18.9 Å². The van der Waals surface area contributed by atoms with Gasteiger partial charge in [-0.2, -0.15) is 0 Å². The quantitative estimate of drug-likeness (QED) is 0.670. The third-order valence-electron chi connectivity index (χ3n) is 4.70. The maximum absolute atomic E-state index is 12.8. The molecule has 0 spiro atoms. The van der Waals surface area contributed by atoms with Crippen molar-refractivity contribution in [3.05, 3.63) is 48.0 Å². The van der Waals surface area contributed by atoms with Gasteiger partial charge in [-0.15, -0.1) is 11.8 Å².